The summed E-state index contributed by atoms with van der Waals surface area (Å²) in [5.74, 6) is 0.192. The van der Waals surface area contributed by atoms with E-state index in [1.165, 1.54) is 23.5 Å². The Balaban J connectivity index is 1.67. The summed E-state index contributed by atoms with van der Waals surface area (Å²) in [5, 5.41) is 3.14. The molecule has 0 radical (unpaired) electrons. The van der Waals surface area contributed by atoms with Gasteiger partial charge in [0.15, 0.2) is 6.10 Å². The van der Waals surface area contributed by atoms with Crippen LogP contribution in [0.5, 0.6) is 11.5 Å². The number of amides is 1. The number of ether oxygens (including phenoxy) is 2. The second kappa shape index (κ2) is 8.49. The first-order chi connectivity index (χ1) is 14.9. The van der Waals surface area contributed by atoms with Gasteiger partial charge in [-0.2, -0.15) is 0 Å². The number of methoxy groups -OCH3 is 1. The lowest BCUT2D eigenvalue weighted by molar-refractivity contribution is -0.122. The van der Waals surface area contributed by atoms with Gasteiger partial charge in [-0.05, 0) is 42.5 Å². The number of para-hydroxylation sites is 2. The highest BCUT2D eigenvalue weighted by atomic mass is 35.5. The summed E-state index contributed by atoms with van der Waals surface area (Å²) in [6.45, 7) is -0.192. The molecule has 1 N–H and O–H groups in total. The van der Waals surface area contributed by atoms with E-state index in [9.17, 15) is 13.2 Å². The van der Waals surface area contributed by atoms with Crippen LogP contribution in [0.2, 0.25) is 5.02 Å². The number of nitrogens with one attached hydrogen (secondary N) is 1. The molecular weight excluding hydrogens is 440 g/mol. The predicted molar refractivity (Wildman–Crippen MR) is 118 cm³/mol. The summed E-state index contributed by atoms with van der Waals surface area (Å²) in [5.41, 5.74) is 0.732. The van der Waals surface area contributed by atoms with E-state index in [-0.39, 0.29) is 11.4 Å². The third-order valence-corrected chi connectivity index (χ3v) is 6.81. The lowest BCUT2D eigenvalue weighted by Gasteiger charge is -2.34. The van der Waals surface area contributed by atoms with E-state index < -0.39 is 22.0 Å². The van der Waals surface area contributed by atoms with Crippen LogP contribution in [-0.2, 0) is 14.8 Å². The molecule has 1 aliphatic heterocycles. The molecule has 0 saturated heterocycles. The Morgan fingerprint density at radius 2 is 1.81 bits per heavy atom. The Morgan fingerprint density at radius 3 is 2.55 bits per heavy atom. The fourth-order valence-electron chi connectivity index (χ4n) is 3.28. The number of fused-ring (bicyclic) bond motifs is 1. The van der Waals surface area contributed by atoms with Gasteiger partial charge in [0.25, 0.3) is 15.9 Å². The van der Waals surface area contributed by atoms with E-state index in [0.717, 1.165) is 0 Å². The molecule has 3 aromatic carbocycles. The second-order valence-electron chi connectivity index (χ2n) is 6.76. The molecule has 0 spiro atoms. The number of anilines is 2. The van der Waals surface area contributed by atoms with Crippen molar-refractivity contribution in [2.75, 3.05) is 23.3 Å². The number of rotatable bonds is 5. The number of nitrogens with zero attached hydrogens (tertiary/aromatic N) is 1. The summed E-state index contributed by atoms with van der Waals surface area (Å²) in [6.07, 6.45) is -1.09. The van der Waals surface area contributed by atoms with Gasteiger partial charge in [-0.3, -0.25) is 9.10 Å². The molecule has 1 atom stereocenters. The summed E-state index contributed by atoms with van der Waals surface area (Å²) in [7, 11) is -2.43. The Labute approximate surface area is 185 Å². The molecule has 31 heavy (non-hydrogen) atoms. The topological polar surface area (TPSA) is 84.9 Å². The number of hydrogen-bond donors (Lipinski definition) is 1. The van der Waals surface area contributed by atoms with Gasteiger partial charge in [0.2, 0.25) is 0 Å². The van der Waals surface area contributed by atoms with Crippen LogP contribution in [0.25, 0.3) is 0 Å². The van der Waals surface area contributed by atoms with E-state index >= 15 is 0 Å². The van der Waals surface area contributed by atoms with Crippen LogP contribution in [-0.4, -0.2) is 34.1 Å². The van der Waals surface area contributed by atoms with Crippen LogP contribution < -0.4 is 19.1 Å². The second-order valence-corrected chi connectivity index (χ2v) is 9.06. The first-order valence-corrected chi connectivity index (χ1v) is 11.2. The van der Waals surface area contributed by atoms with Gasteiger partial charge in [-0.25, -0.2) is 8.42 Å². The van der Waals surface area contributed by atoms with Gasteiger partial charge in [-0.15, -0.1) is 0 Å². The van der Waals surface area contributed by atoms with E-state index in [4.69, 9.17) is 21.1 Å². The van der Waals surface area contributed by atoms with E-state index in [2.05, 4.69) is 5.32 Å². The molecule has 7 nitrogen and oxygen atoms in total. The number of halogens is 1. The number of carbonyl (C=O) groups is 1. The van der Waals surface area contributed by atoms with Crippen molar-refractivity contribution in [3.8, 4) is 11.5 Å². The van der Waals surface area contributed by atoms with E-state index in [1.807, 2.05) is 0 Å². The van der Waals surface area contributed by atoms with Crippen LogP contribution in [0.1, 0.15) is 0 Å². The van der Waals surface area contributed by atoms with Crippen molar-refractivity contribution in [1.29, 1.82) is 0 Å². The summed E-state index contributed by atoms with van der Waals surface area (Å²) in [4.78, 5) is 13.1. The van der Waals surface area contributed by atoms with Gasteiger partial charge in [0.1, 0.15) is 11.5 Å². The Bertz CT molecular complexity index is 1220. The highest BCUT2D eigenvalue weighted by Gasteiger charge is 2.37. The molecule has 0 fully saturated rings. The van der Waals surface area contributed by atoms with E-state index in [1.54, 1.807) is 60.7 Å². The minimum atomic E-state index is -3.91. The van der Waals surface area contributed by atoms with Crippen LogP contribution in [0.15, 0.2) is 77.7 Å². The van der Waals surface area contributed by atoms with Crippen LogP contribution in [0.4, 0.5) is 11.4 Å². The molecule has 4 rings (SSSR count). The molecule has 160 valence electrons. The number of benzene rings is 3. The SMILES string of the molecule is COc1ccc(Cl)cc1NC(=O)[C@@H]1CN(S(=O)(=O)c2ccccc2)c2ccccc2O1. The van der Waals surface area contributed by atoms with E-state index in [0.29, 0.717) is 27.9 Å². The van der Waals surface area contributed by atoms with Crippen molar-refractivity contribution in [2.45, 2.75) is 11.0 Å². The molecular formula is C22H19ClN2O5S. The molecule has 1 aliphatic rings. The van der Waals surface area contributed by atoms with Crippen molar-refractivity contribution in [3.63, 3.8) is 0 Å². The van der Waals surface area contributed by atoms with Gasteiger partial charge >= 0.3 is 0 Å². The highest BCUT2D eigenvalue weighted by molar-refractivity contribution is 7.92. The molecule has 0 saturated carbocycles. The van der Waals surface area contributed by atoms with Crippen molar-refractivity contribution >= 4 is 38.9 Å². The zero-order valence-electron chi connectivity index (χ0n) is 16.5. The minimum Gasteiger partial charge on any atom is -0.495 e. The molecule has 3 aromatic rings. The molecule has 0 aliphatic carbocycles. The molecule has 0 unspecified atom stereocenters. The predicted octanol–water partition coefficient (Wildman–Crippen LogP) is 3.94. The lowest BCUT2D eigenvalue weighted by atomic mass is 10.2. The first-order valence-electron chi connectivity index (χ1n) is 9.38. The smallest absolute Gasteiger partial charge is 0.267 e. The largest absolute Gasteiger partial charge is 0.495 e. The van der Waals surface area contributed by atoms with Crippen LogP contribution in [0.3, 0.4) is 0 Å². The third kappa shape index (κ3) is 4.17. The molecule has 9 heteroatoms. The maximum absolute atomic E-state index is 13.3. The average molecular weight is 459 g/mol. The maximum atomic E-state index is 13.3. The van der Waals surface area contributed by atoms with Crippen molar-refractivity contribution in [2.24, 2.45) is 0 Å². The van der Waals surface area contributed by atoms with Gasteiger partial charge in [0.05, 0.1) is 29.9 Å². The maximum Gasteiger partial charge on any atom is 0.267 e. The fraction of sp³-hybridized carbons (Fsp3) is 0.136. The Kier molecular flexibility index (Phi) is 5.75. The lowest BCUT2D eigenvalue weighted by Crippen LogP contribution is -2.48. The molecule has 0 bridgehead atoms. The number of carbonyl (C=O) groups excluding carboxylic acids is 1. The van der Waals surface area contributed by atoms with Gasteiger partial charge in [0, 0.05) is 5.02 Å². The normalized spacial score (nSPS) is 15.5. The first kappa shape index (κ1) is 21.0. The molecule has 1 heterocycles. The summed E-state index contributed by atoms with van der Waals surface area (Å²) in [6, 6.07) is 19.6. The quantitative estimate of drug-likeness (QED) is 0.626. The zero-order chi connectivity index (χ0) is 22.0. The molecule has 1 amide bonds. The minimum absolute atomic E-state index is 0.127. The van der Waals surface area contributed by atoms with Gasteiger partial charge < -0.3 is 14.8 Å². The summed E-state index contributed by atoms with van der Waals surface area (Å²) < 4.78 is 38.9. The number of sulfonamides is 1. The standard InChI is InChI=1S/C22H19ClN2O5S/c1-29-19-12-11-15(23)13-17(19)24-22(26)21-14-25(18-9-5-6-10-20(18)30-21)31(27,28)16-7-3-2-4-8-16/h2-13,21H,14H2,1H3,(H,24,26)/t21-/m0/s1. The van der Waals surface area contributed by atoms with Crippen LogP contribution >= 0.6 is 11.6 Å². The van der Waals surface area contributed by atoms with Gasteiger partial charge in [-0.1, -0.05) is 41.9 Å². The van der Waals surface area contributed by atoms with Crippen molar-refractivity contribution < 1.29 is 22.7 Å². The zero-order valence-corrected chi connectivity index (χ0v) is 18.1. The van der Waals surface area contributed by atoms with Crippen molar-refractivity contribution in [1.82, 2.24) is 0 Å². The van der Waals surface area contributed by atoms with Crippen molar-refractivity contribution in [3.05, 3.63) is 77.8 Å². The Morgan fingerprint density at radius 1 is 1.10 bits per heavy atom. The molecule has 0 aromatic heterocycles. The monoisotopic (exact) mass is 458 g/mol. The van der Waals surface area contributed by atoms with Crippen LogP contribution in [0, 0.1) is 0 Å². The summed E-state index contributed by atoms with van der Waals surface area (Å²) >= 11 is 6.04. The average Bonchev–Trinajstić information content (AvgIpc) is 2.79. The fourth-order valence-corrected chi connectivity index (χ4v) is 4.95. The number of hydrogen-bond acceptors (Lipinski definition) is 5. The Hall–Kier alpha value is -3.23. The highest BCUT2D eigenvalue weighted by Crippen LogP contribution is 2.37. The third-order valence-electron chi connectivity index (χ3n) is 4.78.